The first kappa shape index (κ1) is 16.8. The average molecular weight is 327 g/mol. The number of aliphatic hydroxyl groups excluding tert-OH is 1. The van der Waals surface area contributed by atoms with E-state index in [0.717, 1.165) is 61.9 Å². The van der Waals surface area contributed by atoms with Gasteiger partial charge in [0.15, 0.2) is 5.82 Å². The van der Waals surface area contributed by atoms with Gasteiger partial charge in [-0.15, -0.1) is 0 Å². The molecular weight excluding hydrogens is 302 g/mol. The van der Waals surface area contributed by atoms with E-state index in [4.69, 9.17) is 0 Å². The van der Waals surface area contributed by atoms with Crippen LogP contribution in [-0.4, -0.2) is 66.3 Å². The summed E-state index contributed by atoms with van der Waals surface area (Å²) in [7, 11) is 1.99. The number of anilines is 1. The number of nitrogens with one attached hydrogen (secondary N) is 1. The lowest BCUT2D eigenvalue weighted by Gasteiger charge is -2.35. The molecule has 0 amide bonds. The van der Waals surface area contributed by atoms with Crippen LogP contribution in [0.15, 0.2) is 36.7 Å². The molecule has 3 rings (SSSR count). The number of rotatable bonds is 6. The maximum absolute atomic E-state index is 9.20. The highest BCUT2D eigenvalue weighted by molar-refractivity contribution is 5.72. The molecule has 0 aliphatic carbocycles. The highest BCUT2D eigenvalue weighted by Gasteiger charge is 2.21. The van der Waals surface area contributed by atoms with Crippen LogP contribution in [0, 0.1) is 0 Å². The molecule has 0 bridgehead atoms. The minimum Gasteiger partial charge on any atom is -0.392 e. The number of hydrogen-bond donors (Lipinski definition) is 2. The van der Waals surface area contributed by atoms with Gasteiger partial charge in [0.2, 0.25) is 0 Å². The van der Waals surface area contributed by atoms with Crippen molar-refractivity contribution in [1.29, 1.82) is 0 Å². The third-order valence-corrected chi connectivity index (χ3v) is 4.44. The summed E-state index contributed by atoms with van der Waals surface area (Å²) < 4.78 is 0. The first-order valence-corrected chi connectivity index (χ1v) is 8.45. The van der Waals surface area contributed by atoms with Crippen molar-refractivity contribution in [1.82, 2.24) is 20.2 Å². The van der Waals surface area contributed by atoms with Crippen LogP contribution in [0.3, 0.4) is 0 Å². The van der Waals surface area contributed by atoms with Crippen molar-refractivity contribution in [3.63, 3.8) is 0 Å². The fourth-order valence-electron chi connectivity index (χ4n) is 2.99. The molecule has 2 N–H and O–H groups in total. The van der Waals surface area contributed by atoms with Crippen LogP contribution < -0.4 is 10.2 Å². The summed E-state index contributed by atoms with van der Waals surface area (Å²) >= 11 is 0. The van der Waals surface area contributed by atoms with E-state index in [9.17, 15) is 5.11 Å². The smallest absolute Gasteiger partial charge is 0.155 e. The number of nitrogens with zero attached hydrogens (tertiary/aromatic N) is 4. The SMILES string of the molecule is CNCCN1CCN(c2nccnc2-c2ccc(CO)cc2)CC1. The largest absolute Gasteiger partial charge is 0.392 e. The van der Waals surface area contributed by atoms with E-state index in [1.807, 2.05) is 31.3 Å². The molecule has 0 atom stereocenters. The van der Waals surface area contributed by atoms with Gasteiger partial charge in [0.25, 0.3) is 0 Å². The number of likely N-dealkylation sites (N-methyl/N-ethyl adjacent to an activating group) is 1. The van der Waals surface area contributed by atoms with Crippen LogP contribution in [0.25, 0.3) is 11.3 Å². The number of aliphatic hydroxyl groups is 1. The monoisotopic (exact) mass is 327 g/mol. The molecule has 0 radical (unpaired) electrons. The highest BCUT2D eigenvalue weighted by Crippen LogP contribution is 2.27. The predicted octanol–water partition coefficient (Wildman–Crippen LogP) is 0.977. The van der Waals surface area contributed by atoms with E-state index < -0.39 is 0 Å². The first-order chi connectivity index (χ1) is 11.8. The van der Waals surface area contributed by atoms with Crippen molar-refractivity contribution in [2.45, 2.75) is 6.61 Å². The quantitative estimate of drug-likeness (QED) is 0.824. The van der Waals surface area contributed by atoms with Gasteiger partial charge in [0.05, 0.1) is 6.61 Å². The maximum Gasteiger partial charge on any atom is 0.155 e. The molecule has 1 saturated heterocycles. The Morgan fingerprint density at radius 1 is 1.04 bits per heavy atom. The second-order valence-electron chi connectivity index (χ2n) is 6.02. The Balaban J connectivity index is 1.75. The molecule has 0 saturated carbocycles. The second kappa shape index (κ2) is 8.19. The topological polar surface area (TPSA) is 64.5 Å². The standard InChI is InChI=1S/C18H25N5O/c1-19-8-9-22-10-12-23(13-11-22)18-17(20-6-7-21-18)16-4-2-15(14-24)3-5-16/h2-7,19,24H,8-14H2,1H3. The van der Waals surface area contributed by atoms with Crippen molar-refractivity contribution >= 4 is 5.82 Å². The summed E-state index contributed by atoms with van der Waals surface area (Å²) in [6, 6.07) is 7.87. The normalized spacial score (nSPS) is 15.7. The third kappa shape index (κ3) is 3.90. The van der Waals surface area contributed by atoms with Gasteiger partial charge in [-0.1, -0.05) is 24.3 Å². The summed E-state index contributed by atoms with van der Waals surface area (Å²) in [4.78, 5) is 13.9. The number of piperazine rings is 1. The van der Waals surface area contributed by atoms with Gasteiger partial charge in [0, 0.05) is 57.2 Å². The second-order valence-corrected chi connectivity index (χ2v) is 6.02. The first-order valence-electron chi connectivity index (χ1n) is 8.45. The van der Waals surface area contributed by atoms with Gasteiger partial charge in [0.1, 0.15) is 5.69 Å². The van der Waals surface area contributed by atoms with Gasteiger partial charge in [-0.2, -0.15) is 0 Å². The van der Waals surface area contributed by atoms with Crippen LogP contribution in [0.2, 0.25) is 0 Å². The van der Waals surface area contributed by atoms with Gasteiger partial charge in [-0.25, -0.2) is 4.98 Å². The number of benzene rings is 1. The van der Waals surface area contributed by atoms with E-state index in [1.54, 1.807) is 12.4 Å². The Morgan fingerprint density at radius 3 is 2.42 bits per heavy atom. The van der Waals surface area contributed by atoms with Crippen LogP contribution in [0.4, 0.5) is 5.82 Å². The summed E-state index contributed by atoms with van der Waals surface area (Å²) in [6.45, 7) is 6.17. The van der Waals surface area contributed by atoms with Gasteiger partial charge >= 0.3 is 0 Å². The molecule has 1 aromatic carbocycles. The van der Waals surface area contributed by atoms with Crippen molar-refractivity contribution < 1.29 is 5.11 Å². The molecule has 128 valence electrons. The summed E-state index contributed by atoms with van der Waals surface area (Å²) in [5.74, 6) is 0.947. The fraction of sp³-hybridized carbons (Fsp3) is 0.444. The molecule has 6 heteroatoms. The molecule has 2 aromatic rings. The van der Waals surface area contributed by atoms with Crippen molar-refractivity contribution in [3.05, 3.63) is 42.2 Å². The molecule has 2 heterocycles. The van der Waals surface area contributed by atoms with E-state index in [2.05, 4.69) is 25.1 Å². The fourth-order valence-corrected chi connectivity index (χ4v) is 2.99. The molecule has 0 spiro atoms. The molecular formula is C18H25N5O. The Kier molecular flexibility index (Phi) is 5.74. The summed E-state index contributed by atoms with van der Waals surface area (Å²) in [6.07, 6.45) is 3.50. The zero-order chi connectivity index (χ0) is 16.8. The molecule has 1 aliphatic heterocycles. The molecule has 6 nitrogen and oxygen atoms in total. The van der Waals surface area contributed by atoms with Crippen molar-refractivity contribution in [2.24, 2.45) is 0 Å². The molecule has 24 heavy (non-hydrogen) atoms. The summed E-state index contributed by atoms with van der Waals surface area (Å²) in [5, 5.41) is 12.4. The minimum atomic E-state index is 0.0577. The lowest BCUT2D eigenvalue weighted by atomic mass is 10.1. The number of hydrogen-bond acceptors (Lipinski definition) is 6. The molecule has 1 fully saturated rings. The third-order valence-electron chi connectivity index (χ3n) is 4.44. The molecule has 1 aliphatic rings. The maximum atomic E-state index is 9.20. The van der Waals surface area contributed by atoms with E-state index in [-0.39, 0.29) is 6.61 Å². The van der Waals surface area contributed by atoms with Crippen LogP contribution >= 0.6 is 0 Å². The van der Waals surface area contributed by atoms with Crippen LogP contribution in [0.5, 0.6) is 0 Å². The summed E-state index contributed by atoms with van der Waals surface area (Å²) in [5.41, 5.74) is 2.85. The Bertz CT molecular complexity index is 638. The van der Waals surface area contributed by atoms with Gasteiger partial charge in [-0.3, -0.25) is 9.88 Å². The Morgan fingerprint density at radius 2 is 1.75 bits per heavy atom. The van der Waals surface area contributed by atoms with Crippen molar-refractivity contribution in [2.75, 3.05) is 51.2 Å². The lowest BCUT2D eigenvalue weighted by molar-refractivity contribution is 0.259. The number of aromatic nitrogens is 2. The zero-order valence-corrected chi connectivity index (χ0v) is 14.1. The minimum absolute atomic E-state index is 0.0577. The van der Waals surface area contributed by atoms with E-state index >= 15 is 0 Å². The van der Waals surface area contributed by atoms with Gasteiger partial charge in [-0.05, 0) is 12.6 Å². The lowest BCUT2D eigenvalue weighted by Crippen LogP contribution is -2.48. The Hall–Kier alpha value is -2.02. The van der Waals surface area contributed by atoms with E-state index in [0.29, 0.717) is 0 Å². The molecule has 0 unspecified atom stereocenters. The molecule has 1 aromatic heterocycles. The zero-order valence-electron chi connectivity index (χ0n) is 14.1. The Labute approximate surface area is 143 Å². The van der Waals surface area contributed by atoms with Crippen LogP contribution in [-0.2, 0) is 6.61 Å². The van der Waals surface area contributed by atoms with E-state index in [1.165, 1.54) is 0 Å². The van der Waals surface area contributed by atoms with Gasteiger partial charge < -0.3 is 15.3 Å². The highest BCUT2D eigenvalue weighted by atomic mass is 16.3. The predicted molar refractivity (Wildman–Crippen MR) is 96.0 cm³/mol. The van der Waals surface area contributed by atoms with Crippen LogP contribution in [0.1, 0.15) is 5.56 Å². The average Bonchev–Trinajstić information content (AvgIpc) is 2.67. The van der Waals surface area contributed by atoms with Crippen molar-refractivity contribution in [3.8, 4) is 11.3 Å².